The van der Waals surface area contributed by atoms with Gasteiger partial charge in [-0.3, -0.25) is 4.79 Å². The average Bonchev–Trinajstić information content (AvgIpc) is 2.30. The van der Waals surface area contributed by atoms with Crippen LogP contribution in [-0.2, 0) is 16.1 Å². The van der Waals surface area contributed by atoms with Crippen LogP contribution in [0.1, 0.15) is 42.3 Å². The summed E-state index contributed by atoms with van der Waals surface area (Å²) in [5.41, 5.74) is 1.36. The van der Waals surface area contributed by atoms with Gasteiger partial charge in [-0.1, -0.05) is 0 Å². The van der Waals surface area contributed by atoms with Gasteiger partial charge >= 0.3 is 11.9 Å². The Balaban J connectivity index is 2.65. The van der Waals surface area contributed by atoms with Crippen molar-refractivity contribution < 1.29 is 19.4 Å². The fraction of sp³-hybridized carbons (Fsp3) is 0.467. The van der Waals surface area contributed by atoms with E-state index in [1.807, 2.05) is 26.8 Å². The fourth-order valence-electron chi connectivity index (χ4n) is 1.75. The standard InChI is InChI=1S/C15H20INO4/c1-9-11(14(19)20)5-10(6-12(9)16)7-17-8-13(18)21-15(2,3)4/h5-6,17H,7-8H2,1-4H3,(H,19,20). The molecule has 0 bridgehead atoms. The van der Waals surface area contributed by atoms with Crippen LogP contribution in [0.25, 0.3) is 0 Å². The molecule has 0 amide bonds. The van der Waals surface area contributed by atoms with Crippen molar-refractivity contribution >= 4 is 34.5 Å². The summed E-state index contributed by atoms with van der Waals surface area (Å²) in [4.78, 5) is 22.7. The molecule has 0 aliphatic heterocycles. The third-order valence-corrected chi connectivity index (χ3v) is 3.77. The lowest BCUT2D eigenvalue weighted by Crippen LogP contribution is -2.31. The van der Waals surface area contributed by atoms with Gasteiger partial charge in [-0.05, 0) is 73.5 Å². The van der Waals surface area contributed by atoms with Gasteiger partial charge in [0.05, 0.1) is 12.1 Å². The molecule has 5 nitrogen and oxygen atoms in total. The highest BCUT2D eigenvalue weighted by Crippen LogP contribution is 2.19. The van der Waals surface area contributed by atoms with Gasteiger partial charge in [0, 0.05) is 10.1 Å². The Morgan fingerprint density at radius 2 is 1.95 bits per heavy atom. The van der Waals surface area contributed by atoms with Crippen LogP contribution < -0.4 is 5.32 Å². The van der Waals surface area contributed by atoms with Crippen molar-refractivity contribution in [3.63, 3.8) is 0 Å². The number of carbonyl (C=O) groups excluding carboxylic acids is 1. The molecule has 0 saturated carbocycles. The maximum absolute atomic E-state index is 11.6. The van der Waals surface area contributed by atoms with Crippen molar-refractivity contribution in [3.8, 4) is 0 Å². The minimum atomic E-state index is -0.945. The SMILES string of the molecule is Cc1c(I)cc(CNCC(=O)OC(C)(C)C)cc1C(=O)O. The highest BCUT2D eigenvalue weighted by atomic mass is 127. The van der Waals surface area contributed by atoms with E-state index in [4.69, 9.17) is 9.84 Å². The molecular weight excluding hydrogens is 385 g/mol. The molecule has 0 aliphatic rings. The third kappa shape index (κ3) is 6.01. The molecule has 2 N–H and O–H groups in total. The van der Waals surface area contributed by atoms with Crippen molar-refractivity contribution in [2.75, 3.05) is 6.54 Å². The number of carboxylic acid groups (broad SMARTS) is 1. The van der Waals surface area contributed by atoms with Crippen molar-refractivity contribution in [2.45, 2.75) is 39.8 Å². The van der Waals surface area contributed by atoms with Gasteiger partial charge in [-0.25, -0.2) is 4.79 Å². The molecule has 0 heterocycles. The number of benzene rings is 1. The number of carboxylic acids is 1. The number of aromatic carboxylic acids is 1. The Morgan fingerprint density at radius 1 is 1.33 bits per heavy atom. The van der Waals surface area contributed by atoms with E-state index in [2.05, 4.69) is 27.9 Å². The van der Waals surface area contributed by atoms with E-state index in [1.165, 1.54) is 0 Å². The first-order valence-corrected chi connectivity index (χ1v) is 7.63. The number of esters is 1. The van der Waals surface area contributed by atoms with E-state index in [-0.39, 0.29) is 18.1 Å². The van der Waals surface area contributed by atoms with Crippen LogP contribution in [0.15, 0.2) is 12.1 Å². The quantitative estimate of drug-likeness (QED) is 0.582. The molecule has 0 atom stereocenters. The largest absolute Gasteiger partial charge is 0.478 e. The van der Waals surface area contributed by atoms with Crippen LogP contribution in [0.4, 0.5) is 0 Å². The molecule has 1 rings (SSSR count). The zero-order valence-electron chi connectivity index (χ0n) is 12.6. The van der Waals surface area contributed by atoms with E-state index in [0.717, 1.165) is 14.7 Å². The molecule has 0 saturated heterocycles. The van der Waals surface area contributed by atoms with E-state index < -0.39 is 11.6 Å². The van der Waals surface area contributed by atoms with Gasteiger partial charge in [0.25, 0.3) is 0 Å². The van der Waals surface area contributed by atoms with E-state index in [0.29, 0.717) is 6.54 Å². The Bertz CT molecular complexity index is 549. The van der Waals surface area contributed by atoms with Crippen LogP contribution in [0.5, 0.6) is 0 Å². The van der Waals surface area contributed by atoms with Crippen LogP contribution in [0.2, 0.25) is 0 Å². The minimum absolute atomic E-state index is 0.0874. The molecule has 0 aliphatic carbocycles. The van der Waals surface area contributed by atoms with Crippen molar-refractivity contribution in [2.24, 2.45) is 0 Å². The van der Waals surface area contributed by atoms with Crippen LogP contribution in [0.3, 0.4) is 0 Å². The maximum atomic E-state index is 11.6. The summed E-state index contributed by atoms with van der Waals surface area (Å²) in [6, 6.07) is 3.53. The highest BCUT2D eigenvalue weighted by molar-refractivity contribution is 14.1. The van der Waals surface area contributed by atoms with Gasteiger partial charge in [0.1, 0.15) is 5.60 Å². The average molecular weight is 405 g/mol. The number of ether oxygens (including phenoxy) is 1. The fourth-order valence-corrected chi connectivity index (χ4v) is 2.44. The molecule has 21 heavy (non-hydrogen) atoms. The summed E-state index contributed by atoms with van der Waals surface area (Å²) in [6.45, 7) is 7.72. The smallest absolute Gasteiger partial charge is 0.335 e. The molecule has 0 unspecified atom stereocenters. The maximum Gasteiger partial charge on any atom is 0.335 e. The molecule has 1 aromatic carbocycles. The first-order chi connectivity index (χ1) is 9.60. The summed E-state index contributed by atoms with van der Waals surface area (Å²) in [7, 11) is 0. The Morgan fingerprint density at radius 3 is 2.48 bits per heavy atom. The lowest BCUT2D eigenvalue weighted by atomic mass is 10.1. The number of nitrogens with one attached hydrogen (secondary N) is 1. The number of hydrogen-bond acceptors (Lipinski definition) is 4. The number of carbonyl (C=O) groups is 2. The number of hydrogen-bond donors (Lipinski definition) is 2. The summed E-state index contributed by atoms with van der Waals surface area (Å²) in [5, 5.41) is 12.1. The molecular formula is C15H20INO4. The van der Waals surface area contributed by atoms with Crippen LogP contribution in [-0.4, -0.2) is 29.2 Å². The second kappa shape index (κ2) is 7.22. The molecule has 0 aromatic heterocycles. The van der Waals surface area contributed by atoms with Crippen LogP contribution in [0, 0.1) is 10.5 Å². The Hall–Kier alpha value is -1.15. The third-order valence-electron chi connectivity index (χ3n) is 2.65. The first kappa shape index (κ1) is 17.9. The van der Waals surface area contributed by atoms with Gasteiger partial charge in [-0.2, -0.15) is 0 Å². The molecule has 116 valence electrons. The molecule has 1 aromatic rings. The normalized spacial score (nSPS) is 11.3. The highest BCUT2D eigenvalue weighted by Gasteiger charge is 2.16. The van der Waals surface area contributed by atoms with Crippen molar-refractivity contribution in [1.82, 2.24) is 5.32 Å². The summed E-state index contributed by atoms with van der Waals surface area (Å²) >= 11 is 2.11. The molecule has 6 heteroatoms. The van der Waals surface area contributed by atoms with Crippen LogP contribution >= 0.6 is 22.6 Å². The predicted octanol–water partition coefficient (Wildman–Crippen LogP) is 2.73. The van der Waals surface area contributed by atoms with Crippen molar-refractivity contribution in [1.29, 1.82) is 0 Å². The Labute approximate surface area is 138 Å². The topological polar surface area (TPSA) is 75.6 Å². The molecule has 0 radical (unpaired) electrons. The van der Waals surface area contributed by atoms with Gasteiger partial charge in [-0.15, -0.1) is 0 Å². The van der Waals surface area contributed by atoms with Gasteiger partial charge in [0.2, 0.25) is 0 Å². The van der Waals surface area contributed by atoms with E-state index in [9.17, 15) is 9.59 Å². The zero-order chi connectivity index (χ0) is 16.2. The van der Waals surface area contributed by atoms with E-state index in [1.54, 1.807) is 13.0 Å². The first-order valence-electron chi connectivity index (χ1n) is 6.55. The van der Waals surface area contributed by atoms with Gasteiger partial charge < -0.3 is 15.2 Å². The summed E-state index contributed by atoms with van der Waals surface area (Å²) < 4.78 is 6.07. The lowest BCUT2D eigenvalue weighted by Gasteiger charge is -2.19. The predicted molar refractivity (Wildman–Crippen MR) is 88.4 cm³/mol. The summed E-state index contributed by atoms with van der Waals surface area (Å²) in [5.74, 6) is -1.28. The second-order valence-electron chi connectivity index (χ2n) is 5.75. The van der Waals surface area contributed by atoms with Gasteiger partial charge in [0.15, 0.2) is 0 Å². The van der Waals surface area contributed by atoms with E-state index >= 15 is 0 Å². The monoisotopic (exact) mass is 405 g/mol. The molecule has 0 fully saturated rings. The summed E-state index contributed by atoms with van der Waals surface area (Å²) in [6.07, 6.45) is 0. The lowest BCUT2D eigenvalue weighted by molar-refractivity contribution is -0.153. The van der Waals surface area contributed by atoms with Crippen molar-refractivity contribution in [3.05, 3.63) is 32.4 Å². The minimum Gasteiger partial charge on any atom is -0.478 e. The number of halogens is 1. The second-order valence-corrected chi connectivity index (χ2v) is 6.91. The Kier molecular flexibility index (Phi) is 6.15. The zero-order valence-corrected chi connectivity index (χ0v) is 14.8. The number of rotatable bonds is 5. The molecule has 0 spiro atoms.